The van der Waals surface area contributed by atoms with E-state index in [0.717, 1.165) is 44.7 Å². The Morgan fingerprint density at radius 1 is 1.29 bits per heavy atom. The summed E-state index contributed by atoms with van der Waals surface area (Å²) in [6.45, 7) is 4.36. The zero-order valence-corrected chi connectivity index (χ0v) is 13.0. The molecule has 0 radical (unpaired) electrons. The third-order valence-corrected chi connectivity index (χ3v) is 3.84. The van der Waals surface area contributed by atoms with Crippen LogP contribution in [0.25, 0.3) is 0 Å². The van der Waals surface area contributed by atoms with E-state index in [1.807, 2.05) is 6.92 Å². The van der Waals surface area contributed by atoms with Crippen molar-refractivity contribution in [2.75, 3.05) is 25.1 Å². The van der Waals surface area contributed by atoms with Crippen LogP contribution in [0.3, 0.4) is 0 Å². The van der Waals surface area contributed by atoms with Gasteiger partial charge in [-0.15, -0.1) is 0 Å². The molecule has 0 amide bonds. The lowest BCUT2D eigenvalue weighted by Gasteiger charge is -2.19. The maximum atomic E-state index is 5.99. The molecule has 1 aliphatic carbocycles. The van der Waals surface area contributed by atoms with Crippen molar-refractivity contribution in [3.63, 3.8) is 0 Å². The monoisotopic (exact) mass is 289 g/mol. The molecule has 0 unspecified atom stereocenters. The third kappa shape index (κ3) is 5.05. The molecular formula is C17H27N3O. The van der Waals surface area contributed by atoms with E-state index >= 15 is 0 Å². The van der Waals surface area contributed by atoms with Gasteiger partial charge in [0.15, 0.2) is 5.96 Å². The van der Waals surface area contributed by atoms with Crippen LogP contribution in [0.1, 0.15) is 43.7 Å². The summed E-state index contributed by atoms with van der Waals surface area (Å²) in [7, 11) is 0. The molecule has 0 aliphatic heterocycles. The fraction of sp³-hybridized carbons (Fsp3) is 0.588. The first-order chi connectivity index (χ1) is 10.3. The molecule has 4 heteroatoms. The molecule has 0 aromatic heterocycles. The molecule has 4 nitrogen and oxygen atoms in total. The molecule has 21 heavy (non-hydrogen) atoms. The van der Waals surface area contributed by atoms with Gasteiger partial charge in [0.25, 0.3) is 0 Å². The maximum absolute atomic E-state index is 5.99. The molecular weight excluding hydrogens is 262 g/mol. The van der Waals surface area contributed by atoms with Crippen LogP contribution in [0.2, 0.25) is 0 Å². The summed E-state index contributed by atoms with van der Waals surface area (Å²) in [5.41, 5.74) is 9.98. The molecule has 0 spiro atoms. The van der Waals surface area contributed by atoms with Crippen LogP contribution in [0.4, 0.5) is 5.69 Å². The average molecular weight is 289 g/mol. The second-order valence-electron chi connectivity index (χ2n) is 5.45. The number of rotatable bonds is 7. The second kappa shape index (κ2) is 8.67. The van der Waals surface area contributed by atoms with E-state index in [1.165, 1.54) is 30.4 Å². The third-order valence-electron chi connectivity index (χ3n) is 3.84. The molecule has 0 saturated heterocycles. The van der Waals surface area contributed by atoms with Crippen molar-refractivity contribution >= 4 is 11.6 Å². The number of hydrogen-bond donors (Lipinski definition) is 2. The van der Waals surface area contributed by atoms with Gasteiger partial charge in [0.05, 0.1) is 0 Å². The number of guanidine groups is 1. The summed E-state index contributed by atoms with van der Waals surface area (Å²) >= 11 is 0. The number of nitrogens with one attached hydrogen (secondary N) is 1. The predicted molar refractivity (Wildman–Crippen MR) is 88.9 cm³/mol. The Bertz CT molecular complexity index is 471. The quantitative estimate of drug-likeness (QED) is 0.460. The van der Waals surface area contributed by atoms with E-state index in [9.17, 15) is 0 Å². The molecule has 2 rings (SSSR count). The molecule has 0 atom stereocenters. The molecule has 116 valence electrons. The molecule has 0 saturated carbocycles. The Balaban J connectivity index is 1.83. The van der Waals surface area contributed by atoms with Gasteiger partial charge in [-0.3, -0.25) is 4.99 Å². The number of anilines is 1. The highest BCUT2D eigenvalue weighted by atomic mass is 16.5. The highest BCUT2D eigenvalue weighted by Gasteiger charge is 2.12. The van der Waals surface area contributed by atoms with E-state index in [2.05, 4.69) is 28.5 Å². The topological polar surface area (TPSA) is 59.6 Å². The number of fused-ring (bicyclic) bond motifs is 1. The smallest absolute Gasteiger partial charge is 0.193 e. The van der Waals surface area contributed by atoms with E-state index in [1.54, 1.807) is 0 Å². The van der Waals surface area contributed by atoms with Gasteiger partial charge in [-0.05, 0) is 62.6 Å². The van der Waals surface area contributed by atoms with Crippen LogP contribution in [0.15, 0.2) is 23.2 Å². The lowest BCUT2D eigenvalue weighted by molar-refractivity contribution is 0.144. The van der Waals surface area contributed by atoms with Gasteiger partial charge in [0.2, 0.25) is 0 Å². The molecule has 1 aromatic carbocycles. The van der Waals surface area contributed by atoms with Crippen LogP contribution >= 0.6 is 0 Å². The van der Waals surface area contributed by atoms with E-state index < -0.39 is 0 Å². The van der Waals surface area contributed by atoms with Crippen molar-refractivity contribution in [2.45, 2.75) is 45.4 Å². The number of aliphatic imine (C=N–C) groups is 1. The van der Waals surface area contributed by atoms with Crippen molar-refractivity contribution < 1.29 is 4.74 Å². The Morgan fingerprint density at radius 3 is 3.00 bits per heavy atom. The molecule has 1 aliphatic rings. The van der Waals surface area contributed by atoms with Gasteiger partial charge < -0.3 is 15.8 Å². The van der Waals surface area contributed by atoms with Crippen LogP contribution < -0.4 is 11.1 Å². The normalized spacial score (nSPS) is 14.8. The SMILES string of the molecule is CCOCCCCN=C(N)Nc1cccc2c1CCCC2. The first-order valence-corrected chi connectivity index (χ1v) is 8.06. The fourth-order valence-electron chi connectivity index (χ4n) is 2.74. The highest BCUT2D eigenvalue weighted by molar-refractivity contribution is 5.93. The van der Waals surface area contributed by atoms with Crippen LogP contribution in [-0.2, 0) is 17.6 Å². The molecule has 0 bridgehead atoms. The Morgan fingerprint density at radius 2 is 2.14 bits per heavy atom. The molecule has 0 heterocycles. The van der Waals surface area contributed by atoms with Gasteiger partial charge in [0, 0.05) is 25.4 Å². The fourth-order valence-corrected chi connectivity index (χ4v) is 2.74. The van der Waals surface area contributed by atoms with Gasteiger partial charge >= 0.3 is 0 Å². The Kier molecular flexibility index (Phi) is 6.54. The average Bonchev–Trinajstić information content (AvgIpc) is 2.51. The van der Waals surface area contributed by atoms with Gasteiger partial charge in [-0.1, -0.05) is 12.1 Å². The van der Waals surface area contributed by atoms with Crippen molar-refractivity contribution in [1.29, 1.82) is 0 Å². The van der Waals surface area contributed by atoms with Gasteiger partial charge in [-0.2, -0.15) is 0 Å². The minimum atomic E-state index is 0.519. The summed E-state index contributed by atoms with van der Waals surface area (Å²) in [6, 6.07) is 6.42. The summed E-state index contributed by atoms with van der Waals surface area (Å²) in [4.78, 5) is 4.39. The number of benzene rings is 1. The van der Waals surface area contributed by atoms with Crippen molar-refractivity contribution in [1.82, 2.24) is 0 Å². The summed E-state index contributed by atoms with van der Waals surface area (Å²) in [5, 5.41) is 3.27. The second-order valence-corrected chi connectivity index (χ2v) is 5.45. The minimum absolute atomic E-state index is 0.519. The van der Waals surface area contributed by atoms with Crippen molar-refractivity contribution in [3.8, 4) is 0 Å². The van der Waals surface area contributed by atoms with Gasteiger partial charge in [0.1, 0.15) is 0 Å². The van der Waals surface area contributed by atoms with Crippen LogP contribution in [0.5, 0.6) is 0 Å². The Labute approximate surface area is 127 Å². The maximum Gasteiger partial charge on any atom is 0.193 e. The van der Waals surface area contributed by atoms with Crippen molar-refractivity contribution in [2.24, 2.45) is 10.7 Å². The number of aryl methyl sites for hydroxylation is 1. The van der Waals surface area contributed by atoms with E-state index in [0.29, 0.717) is 5.96 Å². The lowest BCUT2D eigenvalue weighted by atomic mass is 9.90. The molecule has 0 fully saturated rings. The molecule has 3 N–H and O–H groups in total. The van der Waals surface area contributed by atoms with Crippen LogP contribution in [-0.4, -0.2) is 25.7 Å². The minimum Gasteiger partial charge on any atom is -0.382 e. The summed E-state index contributed by atoms with van der Waals surface area (Å²) in [6.07, 6.45) is 6.92. The first-order valence-electron chi connectivity index (χ1n) is 8.06. The summed E-state index contributed by atoms with van der Waals surface area (Å²) < 4.78 is 5.30. The van der Waals surface area contributed by atoms with E-state index in [-0.39, 0.29) is 0 Å². The van der Waals surface area contributed by atoms with Crippen LogP contribution in [0, 0.1) is 0 Å². The van der Waals surface area contributed by atoms with Gasteiger partial charge in [-0.25, -0.2) is 0 Å². The number of nitrogens with two attached hydrogens (primary N) is 1. The highest BCUT2D eigenvalue weighted by Crippen LogP contribution is 2.27. The zero-order valence-electron chi connectivity index (χ0n) is 13.0. The number of unbranched alkanes of at least 4 members (excludes halogenated alkanes) is 1. The largest absolute Gasteiger partial charge is 0.382 e. The number of nitrogens with zero attached hydrogens (tertiary/aromatic N) is 1. The predicted octanol–water partition coefficient (Wildman–Crippen LogP) is 3.11. The lowest BCUT2D eigenvalue weighted by Crippen LogP contribution is -2.24. The Hall–Kier alpha value is -1.55. The zero-order chi connectivity index (χ0) is 14.9. The summed E-state index contributed by atoms with van der Waals surface area (Å²) in [5.74, 6) is 0.519. The number of ether oxygens (including phenoxy) is 1. The van der Waals surface area contributed by atoms with E-state index in [4.69, 9.17) is 10.5 Å². The van der Waals surface area contributed by atoms with Crippen molar-refractivity contribution in [3.05, 3.63) is 29.3 Å². The number of hydrogen-bond acceptors (Lipinski definition) is 2. The first kappa shape index (κ1) is 15.8. The molecule has 1 aromatic rings. The standard InChI is InChI=1S/C17H27N3O/c1-2-21-13-6-5-12-19-17(18)20-16-11-7-9-14-8-3-4-10-15(14)16/h7,9,11H,2-6,8,10,12-13H2,1H3,(H3,18,19,20).